The predicted molar refractivity (Wildman–Crippen MR) is 78.2 cm³/mol. The molecule has 0 heterocycles. The molecule has 0 radical (unpaired) electrons. The molecule has 2 rings (SSSR count). The normalized spacial score (nSPS) is 12.4. The molecular formula is C14H12BrClO2. The van der Waals surface area contributed by atoms with Crippen LogP contribution in [0.25, 0.3) is 10.8 Å². The molecule has 0 bridgehead atoms. The summed E-state index contributed by atoms with van der Waals surface area (Å²) in [6.45, 7) is 1.81. The number of ether oxygens (including phenoxy) is 1. The third-order valence-electron chi connectivity index (χ3n) is 2.78. The topological polar surface area (TPSA) is 26.3 Å². The Hall–Kier alpha value is -1.06. The number of Topliss-reactive ketones (excluding diaryl/α,β-unsaturated/α-hetero) is 1. The van der Waals surface area contributed by atoms with E-state index >= 15 is 0 Å². The van der Waals surface area contributed by atoms with Crippen molar-refractivity contribution in [2.75, 3.05) is 7.11 Å². The van der Waals surface area contributed by atoms with E-state index in [0.717, 1.165) is 10.8 Å². The van der Waals surface area contributed by atoms with Crippen LogP contribution in [0.2, 0.25) is 5.02 Å². The van der Waals surface area contributed by atoms with Gasteiger partial charge in [0.25, 0.3) is 0 Å². The fourth-order valence-electron chi connectivity index (χ4n) is 1.81. The summed E-state index contributed by atoms with van der Waals surface area (Å²) in [7, 11) is 1.58. The molecule has 2 aromatic rings. The number of ketones is 1. The molecule has 0 saturated heterocycles. The summed E-state index contributed by atoms with van der Waals surface area (Å²) in [6, 6.07) is 9.18. The zero-order valence-corrected chi connectivity index (χ0v) is 12.4. The van der Waals surface area contributed by atoms with Crippen molar-refractivity contribution in [2.24, 2.45) is 0 Å². The summed E-state index contributed by atoms with van der Waals surface area (Å²) in [4.78, 5) is 11.7. The number of hydrogen-bond acceptors (Lipinski definition) is 2. The zero-order valence-electron chi connectivity index (χ0n) is 10.0. The molecule has 0 aliphatic heterocycles. The SMILES string of the molecule is COc1ccc2cc(C(=O)[C@H](C)Br)ccc2c1Cl. The van der Waals surface area contributed by atoms with E-state index in [2.05, 4.69) is 15.9 Å². The van der Waals surface area contributed by atoms with Crippen LogP contribution in [0, 0.1) is 0 Å². The fraction of sp³-hybridized carbons (Fsp3) is 0.214. The molecule has 1 atom stereocenters. The van der Waals surface area contributed by atoms with Crippen LogP contribution < -0.4 is 4.74 Å². The van der Waals surface area contributed by atoms with Gasteiger partial charge in [-0.2, -0.15) is 0 Å². The first-order chi connectivity index (χ1) is 8.54. The van der Waals surface area contributed by atoms with E-state index in [1.54, 1.807) is 19.2 Å². The maximum Gasteiger partial charge on any atom is 0.176 e. The Morgan fingerprint density at radius 3 is 2.67 bits per heavy atom. The second-order valence-electron chi connectivity index (χ2n) is 4.00. The van der Waals surface area contributed by atoms with Gasteiger partial charge in [0, 0.05) is 10.9 Å². The van der Waals surface area contributed by atoms with E-state index in [0.29, 0.717) is 16.3 Å². The van der Waals surface area contributed by atoms with Gasteiger partial charge >= 0.3 is 0 Å². The number of fused-ring (bicyclic) bond motifs is 1. The molecule has 0 amide bonds. The smallest absolute Gasteiger partial charge is 0.176 e. The summed E-state index contributed by atoms with van der Waals surface area (Å²) in [6.07, 6.45) is 0. The highest BCUT2D eigenvalue weighted by atomic mass is 79.9. The third-order valence-corrected chi connectivity index (χ3v) is 3.59. The Kier molecular flexibility index (Phi) is 3.93. The van der Waals surface area contributed by atoms with Gasteiger partial charge in [-0.1, -0.05) is 45.7 Å². The molecular weight excluding hydrogens is 316 g/mol. The van der Waals surface area contributed by atoms with Gasteiger partial charge in [-0.15, -0.1) is 0 Å². The van der Waals surface area contributed by atoms with Gasteiger partial charge in [-0.05, 0) is 24.4 Å². The highest BCUT2D eigenvalue weighted by Crippen LogP contribution is 2.33. The largest absolute Gasteiger partial charge is 0.495 e. The molecule has 0 aliphatic carbocycles. The summed E-state index contributed by atoms with van der Waals surface area (Å²) in [5.74, 6) is 0.695. The molecule has 0 aliphatic rings. The lowest BCUT2D eigenvalue weighted by molar-refractivity contribution is 0.0996. The first-order valence-corrected chi connectivity index (χ1v) is 6.78. The molecule has 0 N–H and O–H groups in total. The van der Waals surface area contributed by atoms with Gasteiger partial charge in [0.15, 0.2) is 5.78 Å². The number of benzene rings is 2. The fourth-order valence-corrected chi connectivity index (χ4v) is 2.39. The minimum Gasteiger partial charge on any atom is -0.495 e. The average Bonchev–Trinajstić information content (AvgIpc) is 2.37. The molecule has 4 heteroatoms. The van der Waals surface area contributed by atoms with Crippen molar-refractivity contribution in [1.82, 2.24) is 0 Å². The van der Waals surface area contributed by atoms with Crippen molar-refractivity contribution in [2.45, 2.75) is 11.8 Å². The van der Waals surface area contributed by atoms with Crippen molar-refractivity contribution in [1.29, 1.82) is 0 Å². The second-order valence-corrected chi connectivity index (χ2v) is 5.75. The van der Waals surface area contributed by atoms with Gasteiger partial charge in [0.2, 0.25) is 0 Å². The minimum absolute atomic E-state index is 0.0591. The number of carbonyl (C=O) groups excluding carboxylic acids is 1. The maximum atomic E-state index is 11.9. The Bertz CT molecular complexity index is 608. The molecule has 18 heavy (non-hydrogen) atoms. The first-order valence-electron chi connectivity index (χ1n) is 5.49. The molecule has 0 fully saturated rings. The monoisotopic (exact) mass is 326 g/mol. The van der Waals surface area contributed by atoms with E-state index in [1.165, 1.54) is 0 Å². The minimum atomic E-state index is -0.191. The third kappa shape index (κ3) is 2.38. The molecule has 0 spiro atoms. The highest BCUT2D eigenvalue weighted by Gasteiger charge is 2.13. The molecule has 2 nitrogen and oxygen atoms in total. The van der Waals surface area contributed by atoms with E-state index in [4.69, 9.17) is 16.3 Å². The molecule has 2 aromatic carbocycles. The summed E-state index contributed by atoms with van der Waals surface area (Å²) in [5.41, 5.74) is 0.674. The Morgan fingerprint density at radius 1 is 1.33 bits per heavy atom. The van der Waals surface area contributed by atoms with Crippen molar-refractivity contribution < 1.29 is 9.53 Å². The lowest BCUT2D eigenvalue weighted by Gasteiger charge is -2.08. The molecule has 0 aromatic heterocycles. The van der Waals surface area contributed by atoms with Gasteiger partial charge in [-0.25, -0.2) is 0 Å². The van der Waals surface area contributed by atoms with E-state index in [1.807, 2.05) is 25.1 Å². The number of hydrogen-bond donors (Lipinski definition) is 0. The van der Waals surface area contributed by atoms with Crippen molar-refractivity contribution in [3.63, 3.8) is 0 Å². The standard InChI is InChI=1S/C14H12BrClO2/c1-8(15)14(17)10-3-5-11-9(7-10)4-6-12(18-2)13(11)16/h3-8H,1-2H3/t8-/m0/s1. The van der Waals surface area contributed by atoms with Crippen molar-refractivity contribution in [3.05, 3.63) is 40.9 Å². The molecule has 0 saturated carbocycles. The number of carbonyl (C=O) groups is 1. The van der Waals surface area contributed by atoms with Gasteiger partial charge in [0.1, 0.15) is 5.75 Å². The van der Waals surface area contributed by atoms with Crippen LogP contribution in [-0.4, -0.2) is 17.7 Å². The lowest BCUT2D eigenvalue weighted by Crippen LogP contribution is -2.09. The van der Waals surface area contributed by atoms with Crippen molar-refractivity contribution >= 4 is 44.1 Å². The van der Waals surface area contributed by atoms with Crippen LogP contribution in [-0.2, 0) is 0 Å². The van der Waals surface area contributed by atoms with Crippen LogP contribution in [0.5, 0.6) is 5.75 Å². The lowest BCUT2D eigenvalue weighted by atomic mass is 10.0. The van der Waals surface area contributed by atoms with Crippen molar-refractivity contribution in [3.8, 4) is 5.75 Å². The van der Waals surface area contributed by atoms with Crippen LogP contribution in [0.4, 0.5) is 0 Å². The van der Waals surface area contributed by atoms with Crippen LogP contribution in [0.1, 0.15) is 17.3 Å². The summed E-state index contributed by atoms with van der Waals surface area (Å²) < 4.78 is 5.16. The molecule has 0 unspecified atom stereocenters. The van der Waals surface area contributed by atoms with E-state index in [-0.39, 0.29) is 10.6 Å². The predicted octanol–water partition coefficient (Wildman–Crippen LogP) is 4.47. The highest BCUT2D eigenvalue weighted by molar-refractivity contribution is 9.10. The van der Waals surface area contributed by atoms with Crippen LogP contribution in [0.3, 0.4) is 0 Å². The zero-order chi connectivity index (χ0) is 13.3. The van der Waals surface area contributed by atoms with E-state index < -0.39 is 0 Å². The van der Waals surface area contributed by atoms with Gasteiger partial charge in [-0.3, -0.25) is 4.79 Å². The van der Waals surface area contributed by atoms with Crippen LogP contribution in [0.15, 0.2) is 30.3 Å². The van der Waals surface area contributed by atoms with Gasteiger partial charge < -0.3 is 4.74 Å². The Balaban J connectivity index is 2.57. The van der Waals surface area contributed by atoms with Crippen LogP contribution >= 0.6 is 27.5 Å². The second kappa shape index (κ2) is 5.29. The summed E-state index contributed by atoms with van der Waals surface area (Å²) in [5, 5.41) is 2.38. The Morgan fingerprint density at radius 2 is 2.06 bits per heavy atom. The van der Waals surface area contributed by atoms with Gasteiger partial charge in [0.05, 0.1) is 17.0 Å². The molecule has 94 valence electrons. The Labute approximate surface area is 119 Å². The number of alkyl halides is 1. The number of methoxy groups -OCH3 is 1. The van der Waals surface area contributed by atoms with E-state index in [9.17, 15) is 4.79 Å². The first kappa shape index (κ1) is 13.4. The quantitative estimate of drug-likeness (QED) is 0.614. The number of rotatable bonds is 3. The summed E-state index contributed by atoms with van der Waals surface area (Å²) >= 11 is 9.50. The average molecular weight is 328 g/mol. The maximum absolute atomic E-state index is 11.9. The number of halogens is 2.